The zero-order chi connectivity index (χ0) is 8.43. The Morgan fingerprint density at radius 2 is 1.54 bits per heavy atom. The Bertz CT molecular complexity index is 123. The van der Waals surface area contributed by atoms with E-state index >= 15 is 0 Å². The van der Waals surface area contributed by atoms with Gasteiger partial charge in [-0.15, -0.1) is 24.8 Å². The molecular formula is C6H16Cl2N2O3. The van der Waals surface area contributed by atoms with E-state index in [0.717, 1.165) is 0 Å². The maximum atomic E-state index is 9.26. The Morgan fingerprint density at radius 1 is 1.08 bits per heavy atom. The van der Waals surface area contributed by atoms with Crippen LogP contribution in [0, 0.1) is 0 Å². The van der Waals surface area contributed by atoms with Crippen molar-refractivity contribution in [3.8, 4) is 0 Å². The first kappa shape index (κ1) is 15.8. The minimum atomic E-state index is -0.909. The van der Waals surface area contributed by atoms with Crippen molar-refractivity contribution in [1.29, 1.82) is 0 Å². The first-order chi connectivity index (χ1) is 5.20. The second kappa shape index (κ2) is 6.78. The smallest absolute Gasteiger partial charge is 0.0989 e. The number of hydrogen-bond acceptors (Lipinski definition) is 5. The molecule has 1 aliphatic rings. The van der Waals surface area contributed by atoms with Gasteiger partial charge < -0.3 is 26.4 Å². The molecule has 82 valence electrons. The van der Waals surface area contributed by atoms with Crippen molar-refractivity contribution >= 4 is 24.8 Å². The molecule has 1 heterocycles. The van der Waals surface area contributed by atoms with Gasteiger partial charge in [0.05, 0.1) is 24.9 Å². The summed E-state index contributed by atoms with van der Waals surface area (Å²) < 4.78 is 0. The lowest BCUT2D eigenvalue weighted by Crippen LogP contribution is -2.40. The quantitative estimate of drug-likeness (QED) is 0.375. The average Bonchev–Trinajstić information content (AvgIpc) is 2.30. The zero-order valence-corrected chi connectivity index (χ0v) is 8.59. The fourth-order valence-electron chi connectivity index (χ4n) is 1.32. The van der Waals surface area contributed by atoms with Gasteiger partial charge in [0, 0.05) is 12.6 Å². The number of nitrogens with two attached hydrogens (primary N) is 1. The maximum absolute atomic E-state index is 9.26. The van der Waals surface area contributed by atoms with E-state index in [9.17, 15) is 10.2 Å². The molecule has 6 N–H and O–H groups in total. The van der Waals surface area contributed by atoms with Gasteiger partial charge in [-0.05, 0) is 0 Å². The van der Waals surface area contributed by atoms with Gasteiger partial charge in [0.1, 0.15) is 0 Å². The molecule has 0 radical (unpaired) electrons. The topological polar surface area (TPSA) is 98.7 Å². The predicted octanol–water partition coefficient (Wildman–Crippen LogP) is -2.16. The Labute approximate surface area is 89.1 Å². The zero-order valence-electron chi connectivity index (χ0n) is 6.96. The van der Waals surface area contributed by atoms with E-state index < -0.39 is 18.2 Å². The highest BCUT2D eigenvalue weighted by Gasteiger charge is 2.39. The third kappa shape index (κ3) is 3.21. The molecule has 13 heavy (non-hydrogen) atoms. The Morgan fingerprint density at radius 3 is 1.77 bits per heavy atom. The number of aliphatic hydroxyl groups is 3. The van der Waals surface area contributed by atoms with E-state index in [1.165, 1.54) is 0 Å². The van der Waals surface area contributed by atoms with Crippen molar-refractivity contribution < 1.29 is 15.3 Å². The number of rotatable bonds is 2. The van der Waals surface area contributed by atoms with Crippen molar-refractivity contribution in [3.63, 3.8) is 0 Å². The van der Waals surface area contributed by atoms with Gasteiger partial charge >= 0.3 is 0 Å². The molecule has 0 unspecified atom stereocenters. The van der Waals surface area contributed by atoms with Gasteiger partial charge in [-0.3, -0.25) is 0 Å². The Kier molecular flexibility index (Phi) is 8.26. The first-order valence-corrected chi connectivity index (χ1v) is 3.63. The molecule has 1 aliphatic heterocycles. The SMILES string of the molecule is Cl.Cl.NC[C@H]1N[C@H](CO)[C@@H](O)[C@@H]1O. The van der Waals surface area contributed by atoms with Crippen LogP contribution in [0.15, 0.2) is 0 Å². The fourth-order valence-corrected chi connectivity index (χ4v) is 1.32. The third-order valence-electron chi connectivity index (χ3n) is 2.05. The van der Waals surface area contributed by atoms with Crippen LogP contribution in [-0.2, 0) is 0 Å². The lowest BCUT2D eigenvalue weighted by molar-refractivity contribution is 0.0205. The molecule has 0 spiro atoms. The third-order valence-corrected chi connectivity index (χ3v) is 2.05. The van der Waals surface area contributed by atoms with Crippen LogP contribution in [0.3, 0.4) is 0 Å². The van der Waals surface area contributed by atoms with Gasteiger partial charge in [-0.2, -0.15) is 0 Å². The van der Waals surface area contributed by atoms with E-state index in [-0.39, 0.29) is 44.0 Å². The lowest BCUT2D eigenvalue weighted by Gasteiger charge is -2.12. The summed E-state index contributed by atoms with van der Waals surface area (Å²) in [6, 6.07) is -0.749. The summed E-state index contributed by atoms with van der Waals surface area (Å²) in [5.74, 6) is 0. The molecule has 1 saturated heterocycles. The van der Waals surface area contributed by atoms with E-state index in [0.29, 0.717) is 0 Å². The molecular weight excluding hydrogens is 219 g/mol. The second-order valence-electron chi connectivity index (χ2n) is 2.78. The van der Waals surface area contributed by atoms with Crippen LogP contribution < -0.4 is 11.1 Å². The van der Waals surface area contributed by atoms with Gasteiger partial charge in [0.15, 0.2) is 0 Å². The predicted molar refractivity (Wildman–Crippen MR) is 53.4 cm³/mol. The summed E-state index contributed by atoms with van der Waals surface area (Å²) in [6.45, 7) is 0.0729. The number of nitrogens with one attached hydrogen (secondary N) is 1. The van der Waals surface area contributed by atoms with Gasteiger partial charge in [0.25, 0.3) is 0 Å². The van der Waals surface area contributed by atoms with E-state index in [1.54, 1.807) is 0 Å². The monoisotopic (exact) mass is 234 g/mol. The first-order valence-electron chi connectivity index (χ1n) is 3.63. The van der Waals surface area contributed by atoms with Crippen molar-refractivity contribution in [3.05, 3.63) is 0 Å². The molecule has 0 aliphatic carbocycles. The van der Waals surface area contributed by atoms with Crippen LogP contribution in [0.4, 0.5) is 0 Å². The average molecular weight is 235 g/mol. The van der Waals surface area contributed by atoms with Crippen molar-refractivity contribution in [2.75, 3.05) is 13.2 Å². The summed E-state index contributed by atoms with van der Waals surface area (Å²) in [5.41, 5.74) is 5.29. The molecule has 5 nitrogen and oxygen atoms in total. The number of aliphatic hydroxyl groups excluding tert-OH is 3. The van der Waals surface area contributed by atoms with Crippen LogP contribution in [0.5, 0.6) is 0 Å². The molecule has 1 fully saturated rings. The molecule has 1 rings (SSSR count). The summed E-state index contributed by atoms with van der Waals surface area (Å²) in [7, 11) is 0. The fraction of sp³-hybridized carbons (Fsp3) is 1.00. The lowest BCUT2D eigenvalue weighted by atomic mass is 10.1. The van der Waals surface area contributed by atoms with Crippen molar-refractivity contribution in [2.24, 2.45) is 5.73 Å². The van der Waals surface area contributed by atoms with Crippen LogP contribution in [0.2, 0.25) is 0 Å². The van der Waals surface area contributed by atoms with Gasteiger partial charge in [0.2, 0.25) is 0 Å². The highest BCUT2D eigenvalue weighted by Crippen LogP contribution is 2.12. The van der Waals surface area contributed by atoms with Crippen molar-refractivity contribution in [1.82, 2.24) is 5.32 Å². The summed E-state index contributed by atoms with van der Waals surface area (Å²) in [6.07, 6.45) is -1.77. The second-order valence-corrected chi connectivity index (χ2v) is 2.78. The summed E-state index contributed by atoms with van der Waals surface area (Å²) in [5, 5.41) is 30.0. The molecule has 0 bridgehead atoms. The normalized spacial score (nSPS) is 37.8. The molecule has 4 atom stereocenters. The molecule has 0 aromatic heterocycles. The molecule has 0 saturated carbocycles. The molecule has 7 heteroatoms. The van der Waals surface area contributed by atoms with Crippen LogP contribution in [0.25, 0.3) is 0 Å². The van der Waals surface area contributed by atoms with Gasteiger partial charge in [-0.1, -0.05) is 0 Å². The van der Waals surface area contributed by atoms with Crippen molar-refractivity contribution in [2.45, 2.75) is 24.3 Å². The number of halogens is 2. The largest absolute Gasteiger partial charge is 0.395 e. The minimum absolute atomic E-state index is 0. The molecule has 0 aromatic rings. The van der Waals surface area contributed by atoms with Gasteiger partial charge in [-0.25, -0.2) is 0 Å². The molecule has 0 aromatic carbocycles. The van der Waals surface area contributed by atoms with E-state index in [4.69, 9.17) is 10.8 Å². The highest BCUT2D eigenvalue weighted by molar-refractivity contribution is 5.85. The highest BCUT2D eigenvalue weighted by atomic mass is 35.5. The summed E-state index contributed by atoms with van der Waals surface area (Å²) >= 11 is 0. The van der Waals surface area contributed by atoms with Crippen LogP contribution in [0.1, 0.15) is 0 Å². The maximum Gasteiger partial charge on any atom is 0.0989 e. The standard InChI is InChI=1S/C6H14N2O3.2ClH/c7-1-3-5(10)6(11)4(2-9)8-3;;/h3-6,8-11H,1-2,7H2;2*1H/t3-,4-,5-,6-;;/m1../s1. The van der Waals surface area contributed by atoms with E-state index in [1.807, 2.05) is 0 Å². The van der Waals surface area contributed by atoms with Crippen LogP contribution in [-0.4, -0.2) is 52.8 Å². The van der Waals surface area contributed by atoms with E-state index in [2.05, 4.69) is 5.32 Å². The Balaban J connectivity index is 0. The molecule has 0 amide bonds. The minimum Gasteiger partial charge on any atom is -0.395 e. The number of hydrogen-bond donors (Lipinski definition) is 5. The Hall–Kier alpha value is 0.380. The summed E-state index contributed by atoms with van der Waals surface area (Å²) in [4.78, 5) is 0. The van der Waals surface area contributed by atoms with Crippen LogP contribution >= 0.6 is 24.8 Å².